The molecule has 0 amide bonds. The molecule has 0 saturated heterocycles. The van der Waals surface area contributed by atoms with Gasteiger partial charge in [0.15, 0.2) is 0 Å². The van der Waals surface area contributed by atoms with E-state index in [9.17, 15) is 8.78 Å². The molecule has 3 N–H and O–H groups in total. The van der Waals surface area contributed by atoms with Crippen LogP contribution in [0.1, 0.15) is 25.7 Å². The molecule has 0 heterocycles. The molecule has 94 valence electrons. The molecule has 0 aliphatic heterocycles. The fraction of sp³-hybridized carbons (Fsp3) is 0.500. The molecule has 1 saturated carbocycles. The first-order valence-electron chi connectivity index (χ1n) is 5.73. The first-order valence-corrected chi connectivity index (χ1v) is 6.52. The largest absolute Gasteiger partial charge is 0.380 e. The van der Waals surface area contributed by atoms with Crippen molar-refractivity contribution >= 4 is 21.6 Å². The Hall–Kier alpha value is -0.680. The van der Waals surface area contributed by atoms with Gasteiger partial charge in [-0.3, -0.25) is 0 Å². The van der Waals surface area contributed by atoms with Crippen LogP contribution >= 0.6 is 15.9 Å². The maximum atomic E-state index is 13.6. The van der Waals surface area contributed by atoms with E-state index in [4.69, 9.17) is 5.73 Å². The van der Waals surface area contributed by atoms with E-state index in [1.165, 1.54) is 6.07 Å². The number of anilines is 1. The molecule has 0 radical (unpaired) electrons. The molecule has 2 nitrogen and oxygen atoms in total. The average Bonchev–Trinajstić information content (AvgIpc) is 2.26. The monoisotopic (exact) mass is 304 g/mol. The summed E-state index contributed by atoms with van der Waals surface area (Å²) < 4.78 is 27.0. The van der Waals surface area contributed by atoms with Gasteiger partial charge in [0, 0.05) is 18.2 Å². The summed E-state index contributed by atoms with van der Waals surface area (Å²) in [7, 11) is 0. The molecule has 0 aromatic heterocycles. The molecule has 2 unspecified atom stereocenters. The highest BCUT2D eigenvalue weighted by Crippen LogP contribution is 2.26. The second kappa shape index (κ2) is 5.31. The van der Waals surface area contributed by atoms with Gasteiger partial charge in [0.1, 0.15) is 11.6 Å². The summed E-state index contributed by atoms with van der Waals surface area (Å²) in [6.07, 6.45) is 3.79. The Balaban J connectivity index is 2.10. The minimum absolute atomic E-state index is 0.133. The third-order valence-corrected chi connectivity index (χ3v) is 3.69. The number of benzene rings is 1. The first kappa shape index (κ1) is 12.8. The topological polar surface area (TPSA) is 38.0 Å². The maximum Gasteiger partial charge on any atom is 0.147 e. The van der Waals surface area contributed by atoms with Gasteiger partial charge in [-0.25, -0.2) is 8.78 Å². The fourth-order valence-corrected chi connectivity index (χ4v) is 2.53. The summed E-state index contributed by atoms with van der Waals surface area (Å²) in [5.74, 6) is -0.911. The van der Waals surface area contributed by atoms with Crippen LogP contribution in [0.2, 0.25) is 0 Å². The van der Waals surface area contributed by atoms with Crippen LogP contribution in [0.5, 0.6) is 0 Å². The Kier molecular flexibility index (Phi) is 3.99. The normalized spacial score (nSPS) is 24.7. The zero-order chi connectivity index (χ0) is 12.4. The van der Waals surface area contributed by atoms with E-state index in [0.717, 1.165) is 31.7 Å². The minimum Gasteiger partial charge on any atom is -0.380 e. The van der Waals surface area contributed by atoms with Crippen LogP contribution in [0.4, 0.5) is 14.5 Å². The summed E-state index contributed by atoms with van der Waals surface area (Å²) in [5.41, 5.74) is 6.07. The van der Waals surface area contributed by atoms with Gasteiger partial charge in [-0.15, -0.1) is 0 Å². The molecule has 1 fully saturated rings. The van der Waals surface area contributed by atoms with Crippen molar-refractivity contribution in [2.45, 2.75) is 37.8 Å². The third kappa shape index (κ3) is 3.16. The molecule has 0 spiro atoms. The van der Waals surface area contributed by atoms with E-state index in [2.05, 4.69) is 21.2 Å². The van der Waals surface area contributed by atoms with Gasteiger partial charge >= 0.3 is 0 Å². The van der Waals surface area contributed by atoms with Gasteiger partial charge in [0.2, 0.25) is 0 Å². The predicted molar refractivity (Wildman–Crippen MR) is 67.9 cm³/mol. The van der Waals surface area contributed by atoms with Gasteiger partial charge in [0.05, 0.1) is 10.2 Å². The SMILES string of the molecule is NC1CCCC(Nc2cc(F)c(Br)cc2F)C1. The van der Waals surface area contributed by atoms with Crippen LogP contribution in [-0.4, -0.2) is 12.1 Å². The molecule has 1 aromatic rings. The van der Waals surface area contributed by atoms with Crippen molar-refractivity contribution in [2.24, 2.45) is 5.73 Å². The second-order valence-electron chi connectivity index (χ2n) is 4.51. The minimum atomic E-state index is -0.464. The zero-order valence-corrected chi connectivity index (χ0v) is 10.9. The Bertz CT molecular complexity index is 412. The smallest absolute Gasteiger partial charge is 0.147 e. The molecule has 17 heavy (non-hydrogen) atoms. The molecular weight excluding hydrogens is 290 g/mol. The van der Waals surface area contributed by atoms with E-state index < -0.39 is 11.6 Å². The number of rotatable bonds is 2. The quantitative estimate of drug-likeness (QED) is 0.822. The van der Waals surface area contributed by atoms with E-state index in [0.29, 0.717) is 0 Å². The van der Waals surface area contributed by atoms with E-state index in [-0.39, 0.29) is 22.2 Å². The lowest BCUT2D eigenvalue weighted by atomic mass is 9.91. The Labute approximate surface area is 108 Å². The van der Waals surface area contributed by atoms with Crippen LogP contribution < -0.4 is 11.1 Å². The molecule has 0 bridgehead atoms. The highest BCUT2D eigenvalue weighted by Gasteiger charge is 2.20. The highest BCUT2D eigenvalue weighted by molar-refractivity contribution is 9.10. The molecular formula is C12H15BrF2N2. The molecule has 1 aliphatic rings. The maximum absolute atomic E-state index is 13.6. The van der Waals surface area contributed by atoms with Crippen LogP contribution in [-0.2, 0) is 0 Å². The lowest BCUT2D eigenvalue weighted by molar-refractivity contribution is 0.408. The van der Waals surface area contributed by atoms with Gasteiger partial charge in [-0.1, -0.05) is 0 Å². The summed E-state index contributed by atoms with van der Waals surface area (Å²) in [5, 5.41) is 3.03. The van der Waals surface area contributed by atoms with Crippen molar-refractivity contribution in [3.8, 4) is 0 Å². The Morgan fingerprint density at radius 2 is 2.00 bits per heavy atom. The van der Waals surface area contributed by atoms with Crippen molar-refractivity contribution in [3.63, 3.8) is 0 Å². The number of halogens is 3. The summed E-state index contributed by atoms with van der Waals surface area (Å²) >= 11 is 2.95. The number of hydrogen-bond acceptors (Lipinski definition) is 2. The van der Waals surface area contributed by atoms with Crippen LogP contribution in [0.25, 0.3) is 0 Å². The van der Waals surface area contributed by atoms with Crippen LogP contribution in [0.3, 0.4) is 0 Å². The number of nitrogens with two attached hydrogens (primary N) is 1. The van der Waals surface area contributed by atoms with Crippen LogP contribution in [0.15, 0.2) is 16.6 Å². The van der Waals surface area contributed by atoms with Gasteiger partial charge in [0.25, 0.3) is 0 Å². The van der Waals surface area contributed by atoms with Crippen molar-refractivity contribution in [2.75, 3.05) is 5.32 Å². The van der Waals surface area contributed by atoms with Crippen molar-refractivity contribution in [1.29, 1.82) is 0 Å². The lowest BCUT2D eigenvalue weighted by Crippen LogP contribution is -2.35. The average molecular weight is 305 g/mol. The molecule has 2 atom stereocenters. The number of hydrogen-bond donors (Lipinski definition) is 2. The van der Waals surface area contributed by atoms with Crippen LogP contribution in [0, 0.1) is 11.6 Å². The van der Waals surface area contributed by atoms with Gasteiger partial charge in [-0.2, -0.15) is 0 Å². The van der Waals surface area contributed by atoms with Gasteiger partial charge < -0.3 is 11.1 Å². The van der Waals surface area contributed by atoms with Crippen molar-refractivity contribution in [3.05, 3.63) is 28.2 Å². The fourth-order valence-electron chi connectivity index (χ4n) is 2.21. The molecule has 1 aromatic carbocycles. The summed E-state index contributed by atoms with van der Waals surface area (Å²) in [4.78, 5) is 0. The molecule has 1 aliphatic carbocycles. The summed E-state index contributed by atoms with van der Waals surface area (Å²) in [6, 6.07) is 2.61. The summed E-state index contributed by atoms with van der Waals surface area (Å²) in [6.45, 7) is 0. The standard InChI is InChI=1S/C12H15BrF2N2/c13-9-5-11(15)12(6-10(9)14)17-8-3-1-2-7(16)4-8/h5-8,17H,1-4,16H2. The first-order chi connectivity index (χ1) is 8.06. The molecule has 2 rings (SSSR count). The Morgan fingerprint density at radius 1 is 1.24 bits per heavy atom. The highest BCUT2D eigenvalue weighted by atomic mass is 79.9. The number of nitrogens with one attached hydrogen (secondary N) is 1. The Morgan fingerprint density at radius 3 is 2.71 bits per heavy atom. The predicted octanol–water partition coefficient (Wildman–Crippen LogP) is 3.41. The van der Waals surface area contributed by atoms with Crippen molar-refractivity contribution in [1.82, 2.24) is 0 Å². The second-order valence-corrected chi connectivity index (χ2v) is 5.37. The van der Waals surface area contributed by atoms with E-state index in [1.807, 2.05) is 0 Å². The van der Waals surface area contributed by atoms with E-state index in [1.54, 1.807) is 0 Å². The zero-order valence-electron chi connectivity index (χ0n) is 9.35. The van der Waals surface area contributed by atoms with Gasteiger partial charge in [-0.05, 0) is 47.7 Å². The van der Waals surface area contributed by atoms with Crippen molar-refractivity contribution < 1.29 is 8.78 Å². The molecule has 5 heteroatoms. The third-order valence-electron chi connectivity index (χ3n) is 3.08. The van der Waals surface area contributed by atoms with E-state index >= 15 is 0 Å². The lowest BCUT2D eigenvalue weighted by Gasteiger charge is -2.28.